The summed E-state index contributed by atoms with van der Waals surface area (Å²) in [6.45, 7) is 1.57. The molecule has 0 bridgehead atoms. The molecule has 0 atom stereocenters. The van der Waals surface area contributed by atoms with Gasteiger partial charge in [-0.05, 0) is 94.0 Å². The molecule has 0 aliphatic heterocycles. The molecule has 54 heavy (non-hydrogen) atoms. The van der Waals surface area contributed by atoms with Crippen LogP contribution in [0.4, 0.5) is 26.3 Å². The minimum Gasteiger partial charge on any atom is -0.406 e. The summed E-state index contributed by atoms with van der Waals surface area (Å²) < 4.78 is 85.8. The van der Waals surface area contributed by atoms with Gasteiger partial charge in [0.25, 0.3) is 0 Å². The van der Waals surface area contributed by atoms with Gasteiger partial charge in [0.15, 0.2) is 0 Å². The van der Waals surface area contributed by atoms with Crippen LogP contribution in [0.25, 0.3) is 44.1 Å². The molecule has 0 radical (unpaired) electrons. The Bertz CT molecular complexity index is 2280. The lowest BCUT2D eigenvalue weighted by molar-refractivity contribution is -0.275. The first kappa shape index (κ1) is 36.0. The van der Waals surface area contributed by atoms with Crippen molar-refractivity contribution in [3.63, 3.8) is 0 Å². The van der Waals surface area contributed by atoms with E-state index in [2.05, 4.69) is 42.9 Å². The summed E-state index contributed by atoms with van der Waals surface area (Å²) in [5, 5.41) is 2.16. The summed E-state index contributed by atoms with van der Waals surface area (Å²) in [5.41, 5.74) is 8.22. The van der Waals surface area contributed by atoms with Crippen LogP contribution in [-0.4, -0.2) is 21.9 Å². The van der Waals surface area contributed by atoms with Gasteiger partial charge in [0.1, 0.15) is 11.5 Å². The predicted molar refractivity (Wildman–Crippen MR) is 199 cm³/mol. The molecule has 0 amide bonds. The van der Waals surface area contributed by atoms with E-state index in [9.17, 15) is 26.3 Å². The highest BCUT2D eigenvalue weighted by Gasteiger charge is 2.31. The Morgan fingerprint density at radius 3 is 1.09 bits per heavy atom. The quantitative estimate of drug-likeness (QED) is 0.145. The minimum atomic E-state index is -4.68. The molecule has 0 spiro atoms. The molecule has 272 valence electrons. The third-order valence-corrected chi connectivity index (χ3v) is 8.78. The van der Waals surface area contributed by atoms with E-state index in [0.29, 0.717) is 0 Å². The molecular formula is C44H32F6N2O2. The zero-order chi connectivity index (χ0) is 37.7. The van der Waals surface area contributed by atoms with Gasteiger partial charge in [-0.1, -0.05) is 97.1 Å². The second-order valence-corrected chi connectivity index (χ2v) is 12.6. The van der Waals surface area contributed by atoms with E-state index in [1.54, 1.807) is 24.3 Å². The van der Waals surface area contributed by atoms with Crippen molar-refractivity contribution < 1.29 is 35.8 Å². The van der Waals surface area contributed by atoms with Crippen LogP contribution < -0.4 is 9.47 Å². The molecule has 0 saturated carbocycles. The van der Waals surface area contributed by atoms with Crippen molar-refractivity contribution in [2.24, 2.45) is 0 Å². The molecule has 8 aromatic rings. The van der Waals surface area contributed by atoms with Gasteiger partial charge in [-0.25, -0.2) is 0 Å². The average Bonchev–Trinajstić information content (AvgIpc) is 3.75. The van der Waals surface area contributed by atoms with Crippen molar-refractivity contribution in [1.82, 2.24) is 9.13 Å². The largest absolute Gasteiger partial charge is 0.573 e. The van der Waals surface area contributed by atoms with Crippen LogP contribution in [0.15, 0.2) is 170 Å². The molecular weight excluding hydrogens is 702 g/mol. The van der Waals surface area contributed by atoms with E-state index in [4.69, 9.17) is 0 Å². The van der Waals surface area contributed by atoms with Crippen molar-refractivity contribution in [3.05, 3.63) is 181 Å². The van der Waals surface area contributed by atoms with Crippen molar-refractivity contribution >= 4 is 21.8 Å². The average molecular weight is 735 g/mol. The van der Waals surface area contributed by atoms with Gasteiger partial charge < -0.3 is 18.6 Å². The van der Waals surface area contributed by atoms with Gasteiger partial charge in [0, 0.05) is 47.3 Å². The highest BCUT2D eigenvalue weighted by atomic mass is 19.4. The molecule has 6 aromatic carbocycles. The maximum absolute atomic E-state index is 12.3. The van der Waals surface area contributed by atoms with Gasteiger partial charge in [0.05, 0.1) is 0 Å². The highest BCUT2D eigenvalue weighted by molar-refractivity contribution is 5.87. The Kier molecular flexibility index (Phi) is 10.2. The van der Waals surface area contributed by atoms with Crippen LogP contribution in [0.5, 0.6) is 11.5 Å². The fraction of sp³-hybridized carbons (Fsp3) is 0.0909. The molecule has 2 aromatic heterocycles. The molecule has 0 aliphatic carbocycles. The predicted octanol–water partition coefficient (Wildman–Crippen LogP) is 12.5. The van der Waals surface area contributed by atoms with Crippen LogP contribution in [0.2, 0.25) is 0 Å². The zero-order valence-corrected chi connectivity index (χ0v) is 28.6. The number of ether oxygens (including phenoxy) is 2. The molecule has 2 heterocycles. The zero-order valence-electron chi connectivity index (χ0n) is 28.6. The first-order valence-corrected chi connectivity index (χ1v) is 16.9. The van der Waals surface area contributed by atoms with Crippen molar-refractivity contribution in [3.8, 4) is 33.8 Å². The fourth-order valence-corrected chi connectivity index (χ4v) is 6.29. The molecule has 0 fully saturated rings. The summed E-state index contributed by atoms with van der Waals surface area (Å²) >= 11 is 0. The molecule has 4 nitrogen and oxygen atoms in total. The van der Waals surface area contributed by atoms with E-state index < -0.39 is 12.7 Å². The maximum Gasteiger partial charge on any atom is 0.573 e. The summed E-state index contributed by atoms with van der Waals surface area (Å²) in [6, 6.07) is 48.4. The lowest BCUT2D eigenvalue weighted by atomic mass is 10.0. The summed E-state index contributed by atoms with van der Waals surface area (Å²) in [4.78, 5) is 0. The number of rotatable bonds is 8. The summed E-state index contributed by atoms with van der Waals surface area (Å²) in [6.07, 6.45) is -5.27. The highest BCUT2D eigenvalue weighted by Crippen LogP contribution is 2.31. The van der Waals surface area contributed by atoms with E-state index in [1.165, 1.54) is 35.4 Å². The van der Waals surface area contributed by atoms with Crippen LogP contribution in [0.3, 0.4) is 0 Å². The number of halogens is 6. The molecule has 0 N–H and O–H groups in total. The lowest BCUT2D eigenvalue weighted by Crippen LogP contribution is -2.16. The third-order valence-electron chi connectivity index (χ3n) is 8.78. The molecule has 0 unspecified atom stereocenters. The Balaban J connectivity index is 0.000000167. The van der Waals surface area contributed by atoms with E-state index in [-0.39, 0.29) is 11.5 Å². The normalized spacial score (nSPS) is 11.7. The number of hydrogen-bond donors (Lipinski definition) is 0. The number of aromatic nitrogens is 2. The second-order valence-electron chi connectivity index (χ2n) is 12.6. The molecule has 0 saturated heterocycles. The first-order chi connectivity index (χ1) is 26.0. The summed E-state index contributed by atoms with van der Waals surface area (Å²) in [5.74, 6) is -0.442. The molecule has 10 heteroatoms. The number of fused-ring (bicyclic) bond motifs is 2. The number of benzene rings is 6. The fourth-order valence-electron chi connectivity index (χ4n) is 6.29. The first-order valence-electron chi connectivity index (χ1n) is 16.9. The Hall–Kier alpha value is -6.42. The van der Waals surface area contributed by atoms with E-state index in [1.807, 2.05) is 97.3 Å². The van der Waals surface area contributed by atoms with Crippen LogP contribution >= 0.6 is 0 Å². The maximum atomic E-state index is 12.3. The standard InChI is InChI=1S/2C22H16F3NO/c2*23-22(24,25)27-20-9-6-17(7-10-20)18-8-11-21-19(14-18)12-13-26(21)15-16-4-2-1-3-5-16/h2*1-14H,15H2. The van der Waals surface area contributed by atoms with Crippen molar-refractivity contribution in [2.75, 3.05) is 0 Å². The van der Waals surface area contributed by atoms with Crippen molar-refractivity contribution in [1.29, 1.82) is 0 Å². The minimum absolute atomic E-state index is 0.221. The number of alkyl halides is 6. The number of nitrogens with zero attached hydrogens (tertiary/aromatic N) is 2. The van der Waals surface area contributed by atoms with Crippen molar-refractivity contribution in [2.45, 2.75) is 25.8 Å². The smallest absolute Gasteiger partial charge is 0.406 e. The second kappa shape index (κ2) is 15.3. The third kappa shape index (κ3) is 9.14. The van der Waals surface area contributed by atoms with Gasteiger partial charge in [-0.3, -0.25) is 0 Å². The number of hydrogen-bond acceptors (Lipinski definition) is 2. The van der Waals surface area contributed by atoms with Crippen LogP contribution in [0.1, 0.15) is 11.1 Å². The SMILES string of the molecule is FC(F)(F)Oc1ccc(-c2ccc3c(ccn3Cc3ccccc3)c2)cc1.FC(F)(F)Oc1ccc(-c2ccc3c(ccn3Cc3ccccc3)c2)cc1. The molecule has 8 rings (SSSR count). The monoisotopic (exact) mass is 734 g/mol. The Morgan fingerprint density at radius 1 is 0.389 bits per heavy atom. The van der Waals surface area contributed by atoms with Gasteiger partial charge in [-0.2, -0.15) is 0 Å². The molecule has 0 aliphatic rings. The van der Waals surface area contributed by atoms with Gasteiger partial charge in [-0.15, -0.1) is 26.3 Å². The van der Waals surface area contributed by atoms with E-state index >= 15 is 0 Å². The van der Waals surface area contributed by atoms with E-state index in [0.717, 1.165) is 57.1 Å². The van der Waals surface area contributed by atoms with Gasteiger partial charge >= 0.3 is 12.7 Å². The Morgan fingerprint density at radius 2 is 0.741 bits per heavy atom. The van der Waals surface area contributed by atoms with Gasteiger partial charge in [0.2, 0.25) is 0 Å². The van der Waals surface area contributed by atoms with Crippen LogP contribution in [0, 0.1) is 0 Å². The van der Waals surface area contributed by atoms with Crippen LogP contribution in [-0.2, 0) is 13.1 Å². The lowest BCUT2D eigenvalue weighted by Gasteiger charge is -2.10. The Labute approximate surface area is 307 Å². The topological polar surface area (TPSA) is 28.3 Å². The summed E-state index contributed by atoms with van der Waals surface area (Å²) in [7, 11) is 0.